The van der Waals surface area contributed by atoms with Crippen LogP contribution in [0, 0.1) is 13.8 Å². The van der Waals surface area contributed by atoms with Crippen LogP contribution in [-0.4, -0.2) is 15.5 Å². The number of carbonyl (C=O) groups excluding carboxylic acids is 1. The van der Waals surface area contributed by atoms with Crippen molar-refractivity contribution in [2.75, 3.05) is 5.32 Å². The van der Waals surface area contributed by atoms with E-state index < -0.39 is 0 Å². The molecule has 1 amide bonds. The highest BCUT2D eigenvalue weighted by Gasteiger charge is 2.18. The van der Waals surface area contributed by atoms with Crippen molar-refractivity contribution in [3.63, 3.8) is 0 Å². The van der Waals surface area contributed by atoms with Gasteiger partial charge in [0.15, 0.2) is 5.58 Å². The van der Waals surface area contributed by atoms with E-state index in [0.29, 0.717) is 23.6 Å². The summed E-state index contributed by atoms with van der Waals surface area (Å²) in [6.45, 7) is 4.63. The van der Waals surface area contributed by atoms with E-state index in [1.807, 2.05) is 41.8 Å². The lowest BCUT2D eigenvalue weighted by Crippen LogP contribution is -2.18. The molecule has 0 atom stereocenters. The zero-order valence-corrected chi connectivity index (χ0v) is 14.7. The summed E-state index contributed by atoms with van der Waals surface area (Å²) in [7, 11) is 0. The van der Waals surface area contributed by atoms with Crippen molar-refractivity contribution >= 4 is 22.8 Å². The van der Waals surface area contributed by atoms with Crippen LogP contribution in [0.5, 0.6) is 0 Å². The Morgan fingerprint density at radius 2 is 2.00 bits per heavy atom. The number of furan rings is 1. The number of nitrogens with one attached hydrogen (secondary N) is 1. The first-order valence-electron chi connectivity index (χ1n) is 8.47. The molecule has 1 N–H and O–H groups in total. The smallest absolute Gasteiger partial charge is 0.273 e. The fourth-order valence-corrected chi connectivity index (χ4v) is 3.08. The summed E-state index contributed by atoms with van der Waals surface area (Å²) in [5.74, 6) is 0.332. The van der Waals surface area contributed by atoms with Gasteiger partial charge < -0.3 is 14.3 Å². The van der Waals surface area contributed by atoms with Crippen LogP contribution in [0.3, 0.4) is 0 Å². The molecule has 130 valence electrons. The fourth-order valence-electron chi connectivity index (χ4n) is 3.08. The number of fused-ring (bicyclic) bond motifs is 1. The topological polar surface area (TPSA) is 60.1 Å². The minimum Gasteiger partial charge on any atom is -0.463 e. The van der Waals surface area contributed by atoms with Gasteiger partial charge in [0, 0.05) is 24.9 Å². The van der Waals surface area contributed by atoms with E-state index >= 15 is 0 Å². The third-order valence-corrected chi connectivity index (χ3v) is 4.50. The van der Waals surface area contributed by atoms with Gasteiger partial charge in [0.2, 0.25) is 0 Å². The summed E-state index contributed by atoms with van der Waals surface area (Å²) in [5.41, 5.74) is 5.53. The Bertz CT molecular complexity index is 1090. The van der Waals surface area contributed by atoms with Gasteiger partial charge in [-0.15, -0.1) is 0 Å². The third kappa shape index (κ3) is 2.99. The molecule has 0 fully saturated rings. The molecule has 0 aliphatic heterocycles. The summed E-state index contributed by atoms with van der Waals surface area (Å²) in [5, 5.41) is 2.88. The van der Waals surface area contributed by atoms with E-state index in [1.165, 1.54) is 5.56 Å². The van der Waals surface area contributed by atoms with E-state index in [4.69, 9.17) is 4.42 Å². The first kappa shape index (κ1) is 16.1. The monoisotopic (exact) mass is 345 g/mol. The van der Waals surface area contributed by atoms with Crippen LogP contribution < -0.4 is 5.32 Å². The average Bonchev–Trinajstić information content (AvgIpc) is 3.19. The van der Waals surface area contributed by atoms with Crippen LogP contribution in [0.4, 0.5) is 5.82 Å². The molecule has 26 heavy (non-hydrogen) atoms. The standard InChI is InChI=1S/C21H19N3O2/c1-14-7-9-22-20(11-14)23-21(25)18-12-19-17(8-10-26-19)24(18)13-16-6-4-3-5-15(16)2/h3-12H,13H2,1-2H3,(H,22,23,25). The highest BCUT2D eigenvalue weighted by Crippen LogP contribution is 2.24. The second-order valence-corrected chi connectivity index (χ2v) is 6.38. The van der Waals surface area contributed by atoms with Crippen LogP contribution in [0.25, 0.3) is 11.1 Å². The Kier molecular flexibility index (Phi) is 4.05. The number of rotatable bonds is 4. The minimum atomic E-state index is -0.205. The molecule has 0 aliphatic carbocycles. The Balaban J connectivity index is 1.72. The Morgan fingerprint density at radius 1 is 1.15 bits per heavy atom. The van der Waals surface area contributed by atoms with Gasteiger partial charge in [-0.1, -0.05) is 24.3 Å². The molecule has 0 saturated carbocycles. The van der Waals surface area contributed by atoms with E-state index in [2.05, 4.69) is 29.4 Å². The van der Waals surface area contributed by atoms with Crippen molar-refractivity contribution in [1.29, 1.82) is 0 Å². The van der Waals surface area contributed by atoms with Crippen molar-refractivity contribution in [3.05, 3.63) is 83.4 Å². The molecule has 3 heterocycles. The quantitative estimate of drug-likeness (QED) is 0.590. The Morgan fingerprint density at radius 3 is 2.81 bits per heavy atom. The number of amides is 1. The van der Waals surface area contributed by atoms with Crippen LogP contribution >= 0.6 is 0 Å². The summed E-state index contributed by atoms with van der Waals surface area (Å²) in [6.07, 6.45) is 3.33. The van der Waals surface area contributed by atoms with Crippen molar-refractivity contribution in [1.82, 2.24) is 9.55 Å². The number of aryl methyl sites for hydroxylation is 2. The maximum atomic E-state index is 12.9. The molecule has 4 aromatic rings. The van der Waals surface area contributed by atoms with Gasteiger partial charge in [-0.2, -0.15) is 0 Å². The van der Waals surface area contributed by atoms with E-state index in [0.717, 1.165) is 16.6 Å². The molecule has 0 bridgehead atoms. The van der Waals surface area contributed by atoms with Gasteiger partial charge in [-0.3, -0.25) is 4.79 Å². The average molecular weight is 345 g/mol. The first-order valence-corrected chi connectivity index (χ1v) is 8.47. The molecule has 4 rings (SSSR count). The number of hydrogen-bond donors (Lipinski definition) is 1. The predicted molar refractivity (Wildman–Crippen MR) is 101 cm³/mol. The molecule has 0 radical (unpaired) electrons. The van der Waals surface area contributed by atoms with Crippen LogP contribution in [0.1, 0.15) is 27.2 Å². The Labute approximate surface area is 151 Å². The van der Waals surface area contributed by atoms with Gasteiger partial charge in [-0.25, -0.2) is 4.98 Å². The number of pyridine rings is 1. The third-order valence-electron chi connectivity index (χ3n) is 4.50. The molecule has 1 aromatic carbocycles. The van der Waals surface area contributed by atoms with E-state index in [-0.39, 0.29) is 5.91 Å². The van der Waals surface area contributed by atoms with Gasteiger partial charge in [0.1, 0.15) is 11.5 Å². The molecule has 0 spiro atoms. The molecule has 5 heteroatoms. The Hall–Kier alpha value is -3.34. The zero-order valence-electron chi connectivity index (χ0n) is 14.7. The number of benzene rings is 1. The number of anilines is 1. The number of carbonyl (C=O) groups is 1. The summed E-state index contributed by atoms with van der Waals surface area (Å²) >= 11 is 0. The van der Waals surface area contributed by atoms with Gasteiger partial charge >= 0.3 is 0 Å². The maximum absolute atomic E-state index is 12.9. The lowest BCUT2D eigenvalue weighted by atomic mass is 10.1. The van der Waals surface area contributed by atoms with Crippen molar-refractivity contribution in [2.45, 2.75) is 20.4 Å². The SMILES string of the molecule is Cc1ccnc(NC(=O)c2cc3occc3n2Cc2ccccc2C)c1. The molecule has 0 saturated heterocycles. The van der Waals surface area contributed by atoms with Gasteiger partial charge in [0.25, 0.3) is 5.91 Å². The zero-order chi connectivity index (χ0) is 18.1. The second kappa shape index (κ2) is 6.52. The summed E-state index contributed by atoms with van der Waals surface area (Å²) < 4.78 is 7.49. The summed E-state index contributed by atoms with van der Waals surface area (Å²) in [4.78, 5) is 17.1. The van der Waals surface area contributed by atoms with Crippen molar-refractivity contribution in [3.8, 4) is 0 Å². The molecular weight excluding hydrogens is 326 g/mol. The molecule has 5 nitrogen and oxygen atoms in total. The summed E-state index contributed by atoms with van der Waals surface area (Å²) in [6, 6.07) is 15.6. The van der Waals surface area contributed by atoms with Crippen molar-refractivity contribution < 1.29 is 9.21 Å². The van der Waals surface area contributed by atoms with E-state index in [9.17, 15) is 4.79 Å². The molecular formula is C21H19N3O2. The molecule has 0 aliphatic rings. The van der Waals surface area contributed by atoms with Crippen LogP contribution in [0.2, 0.25) is 0 Å². The lowest BCUT2D eigenvalue weighted by Gasteiger charge is -2.12. The first-order chi connectivity index (χ1) is 12.6. The highest BCUT2D eigenvalue weighted by atomic mass is 16.3. The molecule has 0 unspecified atom stereocenters. The number of aromatic nitrogens is 2. The molecule has 3 aromatic heterocycles. The van der Waals surface area contributed by atoms with Gasteiger partial charge in [-0.05, 0) is 42.7 Å². The second-order valence-electron chi connectivity index (χ2n) is 6.38. The number of hydrogen-bond acceptors (Lipinski definition) is 3. The van der Waals surface area contributed by atoms with Crippen LogP contribution in [0.15, 0.2) is 65.4 Å². The minimum absolute atomic E-state index is 0.205. The predicted octanol–water partition coefficient (Wildman–Crippen LogP) is 4.55. The van der Waals surface area contributed by atoms with E-state index in [1.54, 1.807) is 18.5 Å². The lowest BCUT2D eigenvalue weighted by molar-refractivity contribution is 0.101. The number of nitrogens with zero attached hydrogens (tertiary/aromatic N) is 2. The fraction of sp³-hybridized carbons (Fsp3) is 0.143. The largest absolute Gasteiger partial charge is 0.463 e. The normalized spacial score (nSPS) is 11.0. The van der Waals surface area contributed by atoms with Crippen LogP contribution in [-0.2, 0) is 6.54 Å². The van der Waals surface area contributed by atoms with Crippen molar-refractivity contribution in [2.24, 2.45) is 0 Å². The van der Waals surface area contributed by atoms with Gasteiger partial charge in [0.05, 0.1) is 11.8 Å². The maximum Gasteiger partial charge on any atom is 0.273 e. The highest BCUT2D eigenvalue weighted by molar-refractivity contribution is 6.05.